The van der Waals surface area contributed by atoms with Gasteiger partial charge in [-0.25, -0.2) is 0 Å². The average Bonchev–Trinajstić information content (AvgIpc) is 3.49. The SMILES string of the molecule is O=C([C@@H]1C[C@@H]1c1ccccc1C(F)(F)F)N1CCN(Cc2ccccc2)CC1. The van der Waals surface area contributed by atoms with Gasteiger partial charge in [0.2, 0.25) is 5.91 Å². The summed E-state index contributed by atoms with van der Waals surface area (Å²) in [4.78, 5) is 16.9. The summed E-state index contributed by atoms with van der Waals surface area (Å²) in [5, 5.41) is 0. The van der Waals surface area contributed by atoms with Crippen LogP contribution in [0.15, 0.2) is 54.6 Å². The standard InChI is InChI=1S/C22H23F3N2O/c23-22(24,25)20-9-5-4-8-17(20)18-14-19(18)21(28)27-12-10-26(11-13-27)15-16-6-2-1-3-7-16/h1-9,18-19H,10-15H2/t18-,19-/m1/s1. The van der Waals surface area contributed by atoms with E-state index in [1.165, 1.54) is 17.7 Å². The van der Waals surface area contributed by atoms with Crippen LogP contribution in [-0.2, 0) is 17.5 Å². The van der Waals surface area contributed by atoms with Gasteiger partial charge in [0.25, 0.3) is 0 Å². The highest BCUT2D eigenvalue weighted by molar-refractivity contribution is 5.83. The van der Waals surface area contributed by atoms with Crippen LogP contribution in [0.25, 0.3) is 0 Å². The molecule has 28 heavy (non-hydrogen) atoms. The van der Waals surface area contributed by atoms with Crippen molar-refractivity contribution in [2.45, 2.75) is 25.1 Å². The maximum Gasteiger partial charge on any atom is 0.416 e. The summed E-state index contributed by atoms with van der Waals surface area (Å²) in [6.45, 7) is 3.70. The van der Waals surface area contributed by atoms with Crippen LogP contribution in [0.2, 0.25) is 0 Å². The number of benzene rings is 2. The fraction of sp³-hybridized carbons (Fsp3) is 0.409. The van der Waals surface area contributed by atoms with Gasteiger partial charge in [0.1, 0.15) is 0 Å². The van der Waals surface area contributed by atoms with Crippen molar-refractivity contribution < 1.29 is 18.0 Å². The molecule has 1 saturated carbocycles. The Morgan fingerprint density at radius 3 is 2.25 bits per heavy atom. The first-order chi connectivity index (χ1) is 13.4. The van der Waals surface area contributed by atoms with Crippen molar-refractivity contribution in [1.82, 2.24) is 9.80 Å². The van der Waals surface area contributed by atoms with E-state index in [0.717, 1.165) is 25.7 Å². The Bertz CT molecular complexity index is 829. The third-order valence-corrected chi connectivity index (χ3v) is 5.71. The first-order valence-corrected chi connectivity index (χ1v) is 9.64. The minimum atomic E-state index is -4.38. The maximum atomic E-state index is 13.2. The van der Waals surface area contributed by atoms with Crippen LogP contribution in [0, 0.1) is 5.92 Å². The van der Waals surface area contributed by atoms with Crippen LogP contribution in [0.4, 0.5) is 13.2 Å². The second kappa shape index (κ2) is 7.59. The lowest BCUT2D eigenvalue weighted by Gasteiger charge is -2.35. The van der Waals surface area contributed by atoms with E-state index >= 15 is 0 Å². The van der Waals surface area contributed by atoms with Gasteiger partial charge in [-0.1, -0.05) is 48.5 Å². The summed E-state index contributed by atoms with van der Waals surface area (Å²) in [5.41, 5.74) is 0.896. The lowest BCUT2D eigenvalue weighted by Crippen LogP contribution is -2.48. The highest BCUT2D eigenvalue weighted by atomic mass is 19.4. The maximum absolute atomic E-state index is 13.2. The van der Waals surface area contributed by atoms with Crippen LogP contribution < -0.4 is 0 Å². The molecule has 0 unspecified atom stereocenters. The summed E-state index contributed by atoms with van der Waals surface area (Å²) < 4.78 is 39.7. The molecule has 1 aliphatic carbocycles. The van der Waals surface area contributed by atoms with E-state index in [-0.39, 0.29) is 23.3 Å². The van der Waals surface area contributed by atoms with E-state index < -0.39 is 11.7 Å². The predicted molar refractivity (Wildman–Crippen MR) is 101 cm³/mol. The van der Waals surface area contributed by atoms with E-state index in [2.05, 4.69) is 17.0 Å². The van der Waals surface area contributed by atoms with Crippen molar-refractivity contribution in [3.8, 4) is 0 Å². The molecule has 4 rings (SSSR count). The van der Waals surface area contributed by atoms with E-state index in [1.807, 2.05) is 23.1 Å². The number of piperazine rings is 1. The van der Waals surface area contributed by atoms with Gasteiger partial charge in [-0.3, -0.25) is 9.69 Å². The Balaban J connectivity index is 1.34. The molecule has 0 aromatic heterocycles. The number of amides is 1. The van der Waals surface area contributed by atoms with Gasteiger partial charge in [0.15, 0.2) is 0 Å². The lowest BCUT2D eigenvalue weighted by atomic mass is 10.0. The van der Waals surface area contributed by atoms with Crippen LogP contribution >= 0.6 is 0 Å². The number of alkyl halides is 3. The Morgan fingerprint density at radius 2 is 1.57 bits per heavy atom. The fourth-order valence-electron chi connectivity index (χ4n) is 4.09. The summed E-state index contributed by atoms with van der Waals surface area (Å²) >= 11 is 0. The molecule has 148 valence electrons. The number of hydrogen-bond acceptors (Lipinski definition) is 2. The van der Waals surface area contributed by atoms with Gasteiger partial charge >= 0.3 is 6.18 Å². The van der Waals surface area contributed by atoms with Crippen LogP contribution in [0.1, 0.15) is 29.0 Å². The Hall–Kier alpha value is -2.34. The third-order valence-electron chi connectivity index (χ3n) is 5.71. The molecule has 2 atom stereocenters. The molecule has 0 N–H and O–H groups in total. The molecule has 1 amide bonds. The summed E-state index contributed by atoms with van der Waals surface area (Å²) in [7, 11) is 0. The first-order valence-electron chi connectivity index (χ1n) is 9.64. The van der Waals surface area contributed by atoms with Crippen molar-refractivity contribution in [3.05, 3.63) is 71.3 Å². The van der Waals surface area contributed by atoms with E-state index in [4.69, 9.17) is 0 Å². The van der Waals surface area contributed by atoms with Crippen molar-refractivity contribution in [3.63, 3.8) is 0 Å². The molecule has 0 bridgehead atoms. The monoisotopic (exact) mass is 388 g/mol. The van der Waals surface area contributed by atoms with Gasteiger partial charge in [-0.05, 0) is 29.5 Å². The number of nitrogens with zero attached hydrogens (tertiary/aromatic N) is 2. The van der Waals surface area contributed by atoms with Crippen molar-refractivity contribution >= 4 is 5.91 Å². The topological polar surface area (TPSA) is 23.6 Å². The number of halogens is 3. The highest BCUT2D eigenvalue weighted by Crippen LogP contribution is 2.51. The van der Waals surface area contributed by atoms with Gasteiger partial charge in [0.05, 0.1) is 5.56 Å². The quantitative estimate of drug-likeness (QED) is 0.786. The molecule has 0 radical (unpaired) electrons. The molecule has 2 aromatic carbocycles. The largest absolute Gasteiger partial charge is 0.416 e. The highest BCUT2D eigenvalue weighted by Gasteiger charge is 2.49. The zero-order valence-corrected chi connectivity index (χ0v) is 15.5. The molecule has 1 heterocycles. The fourth-order valence-corrected chi connectivity index (χ4v) is 4.09. The normalized spacial score (nSPS) is 22.9. The third kappa shape index (κ3) is 4.07. The van der Waals surface area contributed by atoms with Gasteiger partial charge in [-0.15, -0.1) is 0 Å². The van der Waals surface area contributed by atoms with Crippen molar-refractivity contribution in [1.29, 1.82) is 0 Å². The zero-order valence-electron chi connectivity index (χ0n) is 15.5. The van der Waals surface area contributed by atoms with Crippen molar-refractivity contribution in [2.75, 3.05) is 26.2 Å². The average molecular weight is 388 g/mol. The van der Waals surface area contributed by atoms with Crippen LogP contribution in [0.3, 0.4) is 0 Å². The summed E-state index contributed by atoms with van der Waals surface area (Å²) in [5.74, 6) is -0.627. The number of carbonyl (C=O) groups excluding carboxylic acids is 1. The molecule has 0 spiro atoms. The van der Waals surface area contributed by atoms with Gasteiger partial charge in [0, 0.05) is 38.6 Å². The van der Waals surface area contributed by atoms with Gasteiger partial charge < -0.3 is 4.90 Å². The van der Waals surface area contributed by atoms with Gasteiger partial charge in [-0.2, -0.15) is 13.2 Å². The lowest BCUT2D eigenvalue weighted by molar-refractivity contribution is -0.139. The smallest absolute Gasteiger partial charge is 0.340 e. The van der Waals surface area contributed by atoms with E-state index in [0.29, 0.717) is 19.5 Å². The zero-order chi connectivity index (χ0) is 19.7. The second-order valence-corrected chi connectivity index (χ2v) is 7.62. The summed E-state index contributed by atoms with van der Waals surface area (Å²) in [6.07, 6.45) is -3.87. The van der Waals surface area contributed by atoms with E-state index in [1.54, 1.807) is 6.07 Å². The number of hydrogen-bond donors (Lipinski definition) is 0. The molecule has 3 nitrogen and oxygen atoms in total. The molecule has 1 aliphatic heterocycles. The molecule has 1 saturated heterocycles. The predicted octanol–water partition coefficient (Wildman–Crippen LogP) is 4.15. The summed E-state index contributed by atoms with van der Waals surface area (Å²) in [6, 6.07) is 15.8. The number of rotatable bonds is 4. The second-order valence-electron chi connectivity index (χ2n) is 7.62. The van der Waals surface area contributed by atoms with Crippen LogP contribution in [0.5, 0.6) is 0 Å². The minimum Gasteiger partial charge on any atom is -0.340 e. The Morgan fingerprint density at radius 1 is 0.929 bits per heavy atom. The molecular formula is C22H23F3N2O. The Labute approximate surface area is 162 Å². The molecule has 2 aliphatic rings. The Kier molecular flexibility index (Phi) is 5.15. The van der Waals surface area contributed by atoms with E-state index in [9.17, 15) is 18.0 Å². The van der Waals surface area contributed by atoms with Crippen LogP contribution in [-0.4, -0.2) is 41.9 Å². The first kappa shape index (κ1) is 19.0. The molecule has 2 aromatic rings. The van der Waals surface area contributed by atoms with Crippen molar-refractivity contribution in [2.24, 2.45) is 5.92 Å². The number of carbonyl (C=O) groups is 1. The molecular weight excluding hydrogens is 365 g/mol. The molecule has 2 fully saturated rings. The molecule has 6 heteroatoms. The minimum absolute atomic E-state index is 0.00124.